The first kappa shape index (κ1) is 24.3. The van der Waals surface area contributed by atoms with Crippen molar-refractivity contribution in [3.63, 3.8) is 0 Å². The number of hydrogen-bond donors (Lipinski definition) is 2. The van der Waals surface area contributed by atoms with E-state index in [4.69, 9.17) is 0 Å². The number of hydrogen-bond acceptors (Lipinski definition) is 7. The number of Topliss-reactive ketones (excluding diaryl/α,β-unsaturated/α-hetero) is 1. The molecule has 9 heteroatoms. The molecule has 0 heterocycles. The van der Waals surface area contributed by atoms with E-state index >= 15 is 0 Å². The van der Waals surface area contributed by atoms with Gasteiger partial charge in [0.15, 0.2) is 0 Å². The molecule has 0 aromatic heterocycles. The van der Waals surface area contributed by atoms with Crippen molar-refractivity contribution in [1.29, 1.82) is 0 Å². The molecule has 2 aliphatic carbocycles. The lowest BCUT2D eigenvalue weighted by Gasteiger charge is -2.45. The summed E-state index contributed by atoms with van der Waals surface area (Å²) >= 11 is 6.13. The van der Waals surface area contributed by atoms with Gasteiger partial charge >= 0.3 is 11.9 Å². The molecular formula is C19H30O5S4. The van der Waals surface area contributed by atoms with Crippen molar-refractivity contribution < 1.29 is 24.6 Å². The monoisotopic (exact) mass is 466 g/mol. The first-order valence-corrected chi connectivity index (χ1v) is 14.6. The minimum atomic E-state index is -0.929. The van der Waals surface area contributed by atoms with Crippen molar-refractivity contribution in [1.82, 2.24) is 0 Å². The van der Waals surface area contributed by atoms with Gasteiger partial charge in [0.1, 0.15) is 5.78 Å². The largest absolute Gasteiger partial charge is 0.481 e. The van der Waals surface area contributed by atoms with Crippen molar-refractivity contribution in [2.24, 2.45) is 23.7 Å². The van der Waals surface area contributed by atoms with Gasteiger partial charge in [-0.25, -0.2) is 0 Å². The van der Waals surface area contributed by atoms with Crippen LogP contribution in [0.3, 0.4) is 0 Å². The zero-order valence-electron chi connectivity index (χ0n) is 16.7. The molecule has 2 aliphatic rings. The highest BCUT2D eigenvalue weighted by atomic mass is 32.2. The van der Waals surface area contributed by atoms with Gasteiger partial charge in [0.25, 0.3) is 0 Å². The van der Waals surface area contributed by atoms with E-state index in [0.29, 0.717) is 0 Å². The fourth-order valence-electron chi connectivity index (χ4n) is 4.93. The van der Waals surface area contributed by atoms with E-state index in [9.17, 15) is 24.6 Å². The zero-order chi connectivity index (χ0) is 21.0. The first-order chi connectivity index (χ1) is 13.3. The molecule has 0 aromatic rings. The maximum atomic E-state index is 13.9. The summed E-state index contributed by atoms with van der Waals surface area (Å²) in [5, 5.41) is 19.6. The number of carboxylic acids is 2. The standard InChI is InChI=1S/C19H30O5S4/c1-25-9-5-7-11(27-3)15(18(21)22)13(9)17(20)14-10(26-2)6-8-12(28-4)16(14)19(23)24/h9-16H,5-8H2,1-4H3,(H,21,22)(H,23,24). The molecule has 28 heavy (non-hydrogen) atoms. The summed E-state index contributed by atoms with van der Waals surface area (Å²) in [6, 6.07) is 0. The molecule has 0 aromatic carbocycles. The molecule has 2 N–H and O–H groups in total. The molecule has 0 aliphatic heterocycles. The molecule has 2 fully saturated rings. The Bertz CT molecular complexity index is 539. The zero-order valence-corrected chi connectivity index (χ0v) is 20.0. The fourth-order valence-corrected chi connectivity index (χ4v) is 8.76. The normalized spacial score (nSPS) is 38.7. The Morgan fingerprint density at radius 2 is 0.821 bits per heavy atom. The topological polar surface area (TPSA) is 91.7 Å². The molecule has 0 amide bonds. The lowest BCUT2D eigenvalue weighted by atomic mass is 9.67. The van der Waals surface area contributed by atoms with Crippen LogP contribution in [0.15, 0.2) is 0 Å². The second kappa shape index (κ2) is 10.9. The van der Waals surface area contributed by atoms with Gasteiger partial charge in [-0.2, -0.15) is 47.0 Å². The molecule has 2 rings (SSSR count). The van der Waals surface area contributed by atoms with E-state index in [0.717, 1.165) is 25.7 Å². The van der Waals surface area contributed by atoms with Gasteiger partial charge in [0.05, 0.1) is 11.8 Å². The van der Waals surface area contributed by atoms with E-state index < -0.39 is 35.6 Å². The highest BCUT2D eigenvalue weighted by Crippen LogP contribution is 2.48. The number of aliphatic carboxylic acids is 2. The summed E-state index contributed by atoms with van der Waals surface area (Å²) in [7, 11) is 0. The second-order valence-corrected chi connectivity index (χ2v) is 11.7. The van der Waals surface area contributed by atoms with Crippen LogP contribution in [0, 0.1) is 23.7 Å². The molecule has 0 spiro atoms. The minimum absolute atomic E-state index is 0.0661. The average Bonchev–Trinajstić information content (AvgIpc) is 2.70. The highest BCUT2D eigenvalue weighted by Gasteiger charge is 2.54. The molecule has 0 radical (unpaired) electrons. The summed E-state index contributed by atoms with van der Waals surface area (Å²) in [5.74, 6) is -4.74. The van der Waals surface area contributed by atoms with Crippen LogP contribution in [0.2, 0.25) is 0 Å². The fraction of sp³-hybridized carbons (Fsp3) is 0.842. The highest BCUT2D eigenvalue weighted by molar-refractivity contribution is 8.00. The maximum Gasteiger partial charge on any atom is 0.308 e. The molecular weight excluding hydrogens is 436 g/mol. The predicted molar refractivity (Wildman–Crippen MR) is 122 cm³/mol. The van der Waals surface area contributed by atoms with Gasteiger partial charge in [0.2, 0.25) is 0 Å². The van der Waals surface area contributed by atoms with E-state index in [1.165, 1.54) is 23.5 Å². The SMILES string of the molecule is CSC1CCC(SC)C(C(=O)C2C(SC)CCC(SC)C2C(=O)O)C1C(=O)O. The summed E-state index contributed by atoms with van der Waals surface area (Å²) in [4.78, 5) is 38.2. The first-order valence-electron chi connectivity index (χ1n) is 9.42. The van der Waals surface area contributed by atoms with Crippen molar-refractivity contribution >= 4 is 64.8 Å². The summed E-state index contributed by atoms with van der Waals surface area (Å²) in [6.45, 7) is 0. The van der Waals surface area contributed by atoms with Crippen LogP contribution < -0.4 is 0 Å². The number of thioether (sulfide) groups is 4. The van der Waals surface area contributed by atoms with Gasteiger partial charge in [0, 0.05) is 32.8 Å². The van der Waals surface area contributed by atoms with Crippen LogP contribution in [-0.4, -0.2) is 74.0 Å². The molecule has 8 atom stereocenters. The van der Waals surface area contributed by atoms with Crippen molar-refractivity contribution in [3.05, 3.63) is 0 Å². The van der Waals surface area contributed by atoms with Gasteiger partial charge in [-0.15, -0.1) is 0 Å². The van der Waals surface area contributed by atoms with Gasteiger partial charge < -0.3 is 10.2 Å². The van der Waals surface area contributed by atoms with E-state index in [-0.39, 0.29) is 26.8 Å². The molecule has 160 valence electrons. The number of ketones is 1. The quantitative estimate of drug-likeness (QED) is 0.555. The second-order valence-electron chi connectivity index (χ2n) is 7.43. The van der Waals surface area contributed by atoms with Gasteiger partial charge in [-0.3, -0.25) is 14.4 Å². The van der Waals surface area contributed by atoms with Crippen molar-refractivity contribution in [2.45, 2.75) is 46.7 Å². The van der Waals surface area contributed by atoms with Gasteiger partial charge in [-0.1, -0.05) is 0 Å². The van der Waals surface area contributed by atoms with Crippen LogP contribution in [0.25, 0.3) is 0 Å². The number of carboxylic acid groups (broad SMARTS) is 2. The van der Waals surface area contributed by atoms with Crippen LogP contribution in [0.5, 0.6) is 0 Å². The Morgan fingerprint density at radius 3 is 1.04 bits per heavy atom. The molecule has 2 saturated carbocycles. The van der Waals surface area contributed by atoms with Crippen molar-refractivity contribution in [2.75, 3.05) is 25.0 Å². The Kier molecular flexibility index (Phi) is 9.42. The molecule has 8 unspecified atom stereocenters. The third kappa shape index (κ3) is 4.83. The van der Waals surface area contributed by atoms with E-state index in [1.807, 2.05) is 25.0 Å². The Morgan fingerprint density at radius 1 is 0.571 bits per heavy atom. The number of carbonyl (C=O) groups excluding carboxylic acids is 1. The summed E-state index contributed by atoms with van der Waals surface area (Å²) < 4.78 is 0. The van der Waals surface area contributed by atoms with E-state index in [2.05, 4.69) is 0 Å². The minimum Gasteiger partial charge on any atom is -0.481 e. The van der Waals surface area contributed by atoms with Gasteiger partial charge in [-0.05, 0) is 50.7 Å². The average molecular weight is 467 g/mol. The Balaban J connectivity index is 2.48. The third-order valence-electron chi connectivity index (χ3n) is 6.29. The van der Waals surface area contributed by atoms with Crippen LogP contribution in [0.4, 0.5) is 0 Å². The van der Waals surface area contributed by atoms with Crippen LogP contribution in [0.1, 0.15) is 25.7 Å². The van der Waals surface area contributed by atoms with Crippen molar-refractivity contribution in [3.8, 4) is 0 Å². The lowest BCUT2D eigenvalue weighted by Crippen LogP contribution is -2.54. The number of carbonyl (C=O) groups is 3. The molecule has 0 bridgehead atoms. The third-order valence-corrected chi connectivity index (χ3v) is 10.8. The number of rotatable bonds is 8. The maximum absolute atomic E-state index is 13.9. The Labute approximate surface area is 184 Å². The van der Waals surface area contributed by atoms with Crippen LogP contribution >= 0.6 is 47.0 Å². The van der Waals surface area contributed by atoms with E-state index in [1.54, 1.807) is 23.5 Å². The predicted octanol–water partition coefficient (Wildman–Crippen LogP) is 3.70. The molecule has 5 nitrogen and oxygen atoms in total. The smallest absolute Gasteiger partial charge is 0.308 e. The lowest BCUT2D eigenvalue weighted by molar-refractivity contribution is -0.152. The van der Waals surface area contributed by atoms with Crippen LogP contribution in [-0.2, 0) is 14.4 Å². The Hall–Kier alpha value is 0.01000. The summed E-state index contributed by atoms with van der Waals surface area (Å²) in [6.07, 6.45) is 10.8. The molecule has 0 saturated heterocycles. The summed E-state index contributed by atoms with van der Waals surface area (Å²) in [5.41, 5.74) is 0.